The predicted molar refractivity (Wildman–Crippen MR) is 99.6 cm³/mol. The van der Waals surface area contributed by atoms with Gasteiger partial charge in [0.2, 0.25) is 5.91 Å². The number of carbonyl (C=O) groups is 1. The zero-order chi connectivity index (χ0) is 17.6. The van der Waals surface area contributed by atoms with Crippen molar-refractivity contribution in [3.05, 3.63) is 65.7 Å². The number of ether oxygens (including phenoxy) is 1. The molecule has 4 heteroatoms. The van der Waals surface area contributed by atoms with Gasteiger partial charge in [-0.05, 0) is 36.7 Å². The summed E-state index contributed by atoms with van der Waals surface area (Å²) in [5, 5.41) is 0. The first kappa shape index (κ1) is 17.5. The zero-order valence-electron chi connectivity index (χ0n) is 15.0. The zero-order valence-corrected chi connectivity index (χ0v) is 15.0. The number of para-hydroxylation sites is 1. The van der Waals surface area contributed by atoms with E-state index in [9.17, 15) is 4.79 Å². The Bertz CT molecular complexity index is 702. The summed E-state index contributed by atoms with van der Waals surface area (Å²) in [5.41, 5.74) is 2.80. The van der Waals surface area contributed by atoms with E-state index >= 15 is 0 Å². The summed E-state index contributed by atoms with van der Waals surface area (Å²) in [6, 6.07) is 18.6. The Balaban J connectivity index is 1.48. The Kier molecular flexibility index (Phi) is 5.71. The van der Waals surface area contributed by atoms with Gasteiger partial charge in [-0.3, -0.25) is 9.69 Å². The standard InChI is InChI=1S/C21H26N2O2/c1-22-15-18-9-7-6-8-17(18)14-19(22)16-23(2)21(24)12-13-25-20-10-4-3-5-11-20/h3-11,19H,12-16H2,1-2H3/t19-/m1/s1. The molecule has 0 unspecified atom stereocenters. The van der Waals surface area contributed by atoms with Crippen LogP contribution in [0, 0.1) is 0 Å². The van der Waals surface area contributed by atoms with E-state index in [1.807, 2.05) is 42.3 Å². The van der Waals surface area contributed by atoms with E-state index in [2.05, 4.69) is 36.2 Å². The number of rotatable bonds is 6. The van der Waals surface area contributed by atoms with E-state index in [4.69, 9.17) is 4.74 Å². The molecule has 0 saturated heterocycles. The van der Waals surface area contributed by atoms with Gasteiger partial charge in [0.25, 0.3) is 0 Å². The van der Waals surface area contributed by atoms with Crippen molar-refractivity contribution in [2.24, 2.45) is 0 Å². The molecule has 0 spiro atoms. The molecule has 25 heavy (non-hydrogen) atoms. The highest BCUT2D eigenvalue weighted by Gasteiger charge is 2.25. The van der Waals surface area contributed by atoms with E-state index < -0.39 is 0 Å². The van der Waals surface area contributed by atoms with Gasteiger partial charge in [-0.25, -0.2) is 0 Å². The lowest BCUT2D eigenvalue weighted by molar-refractivity contribution is -0.131. The average molecular weight is 338 g/mol. The maximum atomic E-state index is 12.4. The van der Waals surface area contributed by atoms with Gasteiger partial charge in [-0.1, -0.05) is 42.5 Å². The molecule has 3 rings (SSSR count). The van der Waals surface area contributed by atoms with Crippen LogP contribution in [0.4, 0.5) is 0 Å². The van der Waals surface area contributed by atoms with Gasteiger partial charge in [-0.2, -0.15) is 0 Å². The minimum atomic E-state index is 0.128. The lowest BCUT2D eigenvalue weighted by atomic mass is 9.94. The summed E-state index contributed by atoms with van der Waals surface area (Å²) in [6.07, 6.45) is 1.39. The molecule has 4 nitrogen and oxygen atoms in total. The van der Waals surface area contributed by atoms with Crippen molar-refractivity contribution < 1.29 is 9.53 Å². The Morgan fingerprint density at radius 3 is 2.56 bits per heavy atom. The topological polar surface area (TPSA) is 32.8 Å². The van der Waals surface area contributed by atoms with E-state index in [1.165, 1.54) is 11.1 Å². The van der Waals surface area contributed by atoms with Gasteiger partial charge in [0, 0.05) is 26.2 Å². The molecule has 1 atom stereocenters. The van der Waals surface area contributed by atoms with Crippen LogP contribution in [-0.4, -0.2) is 49.0 Å². The van der Waals surface area contributed by atoms with Crippen LogP contribution in [0.25, 0.3) is 0 Å². The van der Waals surface area contributed by atoms with Crippen molar-refractivity contribution in [1.29, 1.82) is 0 Å². The van der Waals surface area contributed by atoms with Crippen molar-refractivity contribution >= 4 is 5.91 Å². The third-order valence-electron chi connectivity index (χ3n) is 4.86. The molecule has 1 aliphatic heterocycles. The lowest BCUT2D eigenvalue weighted by Crippen LogP contribution is -2.46. The van der Waals surface area contributed by atoms with Gasteiger partial charge < -0.3 is 9.64 Å². The highest BCUT2D eigenvalue weighted by molar-refractivity contribution is 5.76. The minimum absolute atomic E-state index is 0.128. The quantitative estimate of drug-likeness (QED) is 0.812. The first-order valence-electron chi connectivity index (χ1n) is 8.82. The predicted octanol–water partition coefficient (Wildman–Crippen LogP) is 2.97. The second kappa shape index (κ2) is 8.17. The number of amides is 1. The molecule has 1 amide bonds. The molecular weight excluding hydrogens is 312 g/mol. The summed E-state index contributed by atoms with van der Waals surface area (Å²) < 4.78 is 5.63. The largest absolute Gasteiger partial charge is 0.493 e. The number of hydrogen-bond donors (Lipinski definition) is 0. The maximum Gasteiger partial charge on any atom is 0.225 e. The molecule has 0 radical (unpaired) electrons. The maximum absolute atomic E-state index is 12.4. The summed E-state index contributed by atoms with van der Waals surface area (Å²) in [4.78, 5) is 16.6. The molecule has 132 valence electrons. The second-order valence-corrected chi connectivity index (χ2v) is 6.73. The highest BCUT2D eigenvalue weighted by Crippen LogP contribution is 2.22. The van der Waals surface area contributed by atoms with Crippen LogP contribution in [0.1, 0.15) is 17.5 Å². The number of carbonyl (C=O) groups excluding carboxylic acids is 1. The molecule has 1 heterocycles. The van der Waals surface area contributed by atoms with Crippen molar-refractivity contribution in [3.63, 3.8) is 0 Å². The fraction of sp³-hybridized carbons (Fsp3) is 0.381. The Hall–Kier alpha value is -2.33. The summed E-state index contributed by atoms with van der Waals surface area (Å²) in [7, 11) is 4.02. The monoisotopic (exact) mass is 338 g/mol. The van der Waals surface area contributed by atoms with Crippen molar-refractivity contribution in [3.8, 4) is 5.75 Å². The molecule has 1 aliphatic rings. The summed E-state index contributed by atoms with van der Waals surface area (Å²) in [6.45, 7) is 2.10. The summed E-state index contributed by atoms with van der Waals surface area (Å²) in [5.74, 6) is 0.935. The molecule has 0 saturated carbocycles. The van der Waals surface area contributed by atoms with Crippen LogP contribution in [0.5, 0.6) is 5.75 Å². The first-order chi connectivity index (χ1) is 12.1. The van der Waals surface area contributed by atoms with Gasteiger partial charge in [0.05, 0.1) is 13.0 Å². The van der Waals surface area contributed by atoms with Crippen molar-refractivity contribution in [2.45, 2.75) is 25.4 Å². The molecule has 2 aromatic rings. The van der Waals surface area contributed by atoms with Crippen LogP contribution in [0.2, 0.25) is 0 Å². The van der Waals surface area contributed by atoms with E-state index in [0.29, 0.717) is 19.1 Å². The smallest absolute Gasteiger partial charge is 0.225 e. The Labute approximate surface area is 150 Å². The van der Waals surface area contributed by atoms with Crippen LogP contribution in [0.15, 0.2) is 54.6 Å². The normalized spacial score (nSPS) is 17.0. The highest BCUT2D eigenvalue weighted by atomic mass is 16.5. The Morgan fingerprint density at radius 2 is 1.80 bits per heavy atom. The molecule has 2 aromatic carbocycles. The van der Waals surface area contributed by atoms with Crippen molar-refractivity contribution in [1.82, 2.24) is 9.80 Å². The fourth-order valence-corrected chi connectivity index (χ4v) is 3.30. The number of hydrogen-bond acceptors (Lipinski definition) is 3. The molecule has 0 bridgehead atoms. The average Bonchev–Trinajstić information content (AvgIpc) is 2.63. The summed E-state index contributed by atoms with van der Waals surface area (Å²) >= 11 is 0. The number of fused-ring (bicyclic) bond motifs is 1. The van der Waals surface area contributed by atoms with Gasteiger partial charge >= 0.3 is 0 Å². The molecule has 0 aromatic heterocycles. The Morgan fingerprint density at radius 1 is 1.12 bits per heavy atom. The van der Waals surface area contributed by atoms with E-state index in [1.54, 1.807) is 0 Å². The van der Waals surface area contributed by atoms with Crippen LogP contribution in [-0.2, 0) is 17.8 Å². The third kappa shape index (κ3) is 4.60. The van der Waals surface area contributed by atoms with Gasteiger partial charge in [0.15, 0.2) is 0 Å². The van der Waals surface area contributed by atoms with Gasteiger partial charge in [0.1, 0.15) is 5.75 Å². The van der Waals surface area contributed by atoms with E-state index in [0.717, 1.165) is 25.3 Å². The number of nitrogens with zero attached hydrogens (tertiary/aromatic N) is 2. The van der Waals surface area contributed by atoms with Crippen LogP contribution in [0.3, 0.4) is 0 Å². The fourth-order valence-electron chi connectivity index (χ4n) is 3.30. The molecule has 0 aliphatic carbocycles. The number of benzene rings is 2. The molecule has 0 N–H and O–H groups in total. The second-order valence-electron chi connectivity index (χ2n) is 6.73. The molecular formula is C21H26N2O2. The van der Waals surface area contributed by atoms with E-state index in [-0.39, 0.29) is 5.91 Å². The minimum Gasteiger partial charge on any atom is -0.493 e. The lowest BCUT2D eigenvalue weighted by Gasteiger charge is -2.36. The molecule has 0 fully saturated rings. The number of likely N-dealkylation sites (N-methyl/N-ethyl adjacent to an activating group) is 2. The third-order valence-corrected chi connectivity index (χ3v) is 4.86. The van der Waals surface area contributed by atoms with Crippen LogP contribution >= 0.6 is 0 Å². The SMILES string of the molecule is CN(C[C@H]1Cc2ccccc2CN1C)C(=O)CCOc1ccccc1. The van der Waals surface area contributed by atoms with Crippen LogP contribution < -0.4 is 4.74 Å². The van der Waals surface area contributed by atoms with Crippen molar-refractivity contribution in [2.75, 3.05) is 27.2 Å². The van der Waals surface area contributed by atoms with Gasteiger partial charge in [-0.15, -0.1) is 0 Å². The first-order valence-corrected chi connectivity index (χ1v) is 8.82.